The zero-order valence-corrected chi connectivity index (χ0v) is 12.6. The molecule has 0 bridgehead atoms. The lowest BCUT2D eigenvalue weighted by molar-refractivity contribution is 0.667. The molecule has 0 saturated heterocycles. The third-order valence-corrected chi connectivity index (χ3v) is 7.05. The quantitative estimate of drug-likeness (QED) is 0.660. The van der Waals surface area contributed by atoms with Gasteiger partial charge in [-0.1, -0.05) is 26.2 Å². The Morgan fingerprint density at radius 2 is 1.75 bits per heavy atom. The minimum absolute atomic E-state index is 1.30. The van der Waals surface area contributed by atoms with E-state index in [0.717, 1.165) is 0 Å². The van der Waals surface area contributed by atoms with E-state index in [1.54, 1.807) is 19.5 Å². The Morgan fingerprint density at radius 3 is 2.50 bits per heavy atom. The zero-order valence-electron chi connectivity index (χ0n) is 10.2. The van der Waals surface area contributed by atoms with Crippen LogP contribution in [0, 0.1) is 6.92 Å². The van der Waals surface area contributed by atoms with Crippen LogP contribution in [0.15, 0.2) is 9.79 Å². The highest BCUT2D eigenvalue weighted by Gasteiger charge is 2.19. The molecule has 0 spiro atoms. The summed E-state index contributed by atoms with van der Waals surface area (Å²) in [5.74, 6) is 2.60. The highest BCUT2D eigenvalue weighted by molar-refractivity contribution is 8.06. The van der Waals surface area contributed by atoms with E-state index < -0.39 is 0 Å². The normalized spacial score (nSPS) is 15.1. The molecule has 1 aromatic heterocycles. The fourth-order valence-electron chi connectivity index (χ4n) is 2.04. The van der Waals surface area contributed by atoms with Crippen molar-refractivity contribution in [3.05, 3.63) is 9.75 Å². The molecular formula is C13H20S3. The highest BCUT2D eigenvalue weighted by atomic mass is 32.2. The van der Waals surface area contributed by atoms with Gasteiger partial charge in [0.25, 0.3) is 0 Å². The average Bonchev–Trinajstić information content (AvgIpc) is 2.63. The van der Waals surface area contributed by atoms with Crippen LogP contribution in [0.3, 0.4) is 0 Å². The molecule has 90 valence electrons. The Hall–Kier alpha value is 0.400. The van der Waals surface area contributed by atoms with Gasteiger partial charge in [0, 0.05) is 31.1 Å². The number of aryl methyl sites for hydroxylation is 2. The summed E-state index contributed by atoms with van der Waals surface area (Å²) in [5.41, 5.74) is 0. The molecule has 0 amide bonds. The molecule has 0 N–H and O–H groups in total. The maximum Gasteiger partial charge on any atom is 0.0351 e. The van der Waals surface area contributed by atoms with E-state index in [2.05, 4.69) is 37.4 Å². The van der Waals surface area contributed by atoms with Crippen LogP contribution in [0.4, 0.5) is 0 Å². The third-order valence-electron chi connectivity index (χ3n) is 2.89. The van der Waals surface area contributed by atoms with Crippen molar-refractivity contribution in [2.75, 3.05) is 11.5 Å². The SMILES string of the molecule is CCCCCCc1sc(C)c2c1SCCS2. The maximum atomic E-state index is 2.29. The molecule has 1 aromatic rings. The lowest BCUT2D eigenvalue weighted by Gasteiger charge is -2.12. The van der Waals surface area contributed by atoms with Gasteiger partial charge in [0.1, 0.15) is 0 Å². The maximum absolute atomic E-state index is 2.29. The molecule has 0 radical (unpaired) electrons. The van der Waals surface area contributed by atoms with Crippen LogP contribution in [0.25, 0.3) is 0 Å². The van der Waals surface area contributed by atoms with Crippen LogP contribution >= 0.6 is 34.9 Å². The van der Waals surface area contributed by atoms with Crippen molar-refractivity contribution in [3.63, 3.8) is 0 Å². The van der Waals surface area contributed by atoms with Gasteiger partial charge in [-0.05, 0) is 19.8 Å². The van der Waals surface area contributed by atoms with Gasteiger partial charge in [-0.15, -0.1) is 34.9 Å². The van der Waals surface area contributed by atoms with Crippen LogP contribution in [0.5, 0.6) is 0 Å². The summed E-state index contributed by atoms with van der Waals surface area (Å²) in [6.45, 7) is 4.57. The van der Waals surface area contributed by atoms with Crippen molar-refractivity contribution >= 4 is 34.9 Å². The van der Waals surface area contributed by atoms with E-state index in [4.69, 9.17) is 0 Å². The molecular weight excluding hydrogens is 252 g/mol. The molecule has 0 unspecified atom stereocenters. The van der Waals surface area contributed by atoms with Crippen LogP contribution in [-0.2, 0) is 6.42 Å². The van der Waals surface area contributed by atoms with Crippen molar-refractivity contribution in [2.24, 2.45) is 0 Å². The summed E-state index contributed by atoms with van der Waals surface area (Å²) in [4.78, 5) is 6.46. The van der Waals surface area contributed by atoms with Crippen molar-refractivity contribution in [1.82, 2.24) is 0 Å². The number of thiophene rings is 1. The first-order valence-electron chi connectivity index (χ1n) is 6.20. The minimum atomic E-state index is 1.30. The van der Waals surface area contributed by atoms with Gasteiger partial charge in [-0.25, -0.2) is 0 Å². The van der Waals surface area contributed by atoms with Crippen LogP contribution in [-0.4, -0.2) is 11.5 Å². The Morgan fingerprint density at radius 1 is 1.00 bits per heavy atom. The average molecular weight is 273 g/mol. The van der Waals surface area contributed by atoms with Crippen LogP contribution in [0.2, 0.25) is 0 Å². The van der Waals surface area contributed by atoms with Gasteiger partial charge in [-0.3, -0.25) is 0 Å². The summed E-state index contributed by atoms with van der Waals surface area (Å²) in [7, 11) is 0. The first-order chi connectivity index (χ1) is 7.83. The third kappa shape index (κ3) is 2.99. The largest absolute Gasteiger partial charge is 0.143 e. The molecule has 0 saturated carbocycles. The van der Waals surface area contributed by atoms with Crippen molar-refractivity contribution < 1.29 is 0 Å². The number of rotatable bonds is 5. The molecule has 16 heavy (non-hydrogen) atoms. The highest BCUT2D eigenvalue weighted by Crippen LogP contribution is 2.45. The van der Waals surface area contributed by atoms with Gasteiger partial charge in [0.05, 0.1) is 0 Å². The molecule has 1 aliphatic heterocycles. The monoisotopic (exact) mass is 272 g/mol. The second-order valence-corrected chi connectivity index (χ2v) is 7.77. The number of hydrogen-bond acceptors (Lipinski definition) is 3. The second-order valence-electron chi connectivity index (χ2n) is 4.25. The van der Waals surface area contributed by atoms with Gasteiger partial charge in [0.2, 0.25) is 0 Å². The molecule has 1 aliphatic rings. The van der Waals surface area contributed by atoms with Crippen LogP contribution < -0.4 is 0 Å². The molecule has 3 heteroatoms. The second kappa shape index (κ2) is 6.36. The summed E-state index contributed by atoms with van der Waals surface area (Å²) in [6.07, 6.45) is 6.83. The van der Waals surface area contributed by atoms with Gasteiger partial charge in [0.15, 0.2) is 0 Å². The van der Waals surface area contributed by atoms with Crippen molar-refractivity contribution in [3.8, 4) is 0 Å². The number of fused-ring (bicyclic) bond motifs is 1. The predicted octanol–water partition coefficient (Wildman–Crippen LogP) is 5.38. The standard InChI is InChI=1S/C13H20S3/c1-3-4-5-6-7-11-13-12(10(2)16-11)14-8-9-15-13/h3-9H2,1-2H3. The fourth-order valence-corrected chi connectivity index (χ4v) is 6.21. The Bertz CT molecular complexity index is 341. The molecule has 0 aromatic carbocycles. The molecule has 2 heterocycles. The smallest absolute Gasteiger partial charge is 0.0351 e. The minimum Gasteiger partial charge on any atom is -0.143 e. The number of unbranched alkanes of at least 4 members (excludes halogenated alkanes) is 3. The van der Waals surface area contributed by atoms with Crippen molar-refractivity contribution in [1.29, 1.82) is 0 Å². The van der Waals surface area contributed by atoms with Crippen LogP contribution in [0.1, 0.15) is 42.4 Å². The van der Waals surface area contributed by atoms with Gasteiger partial charge >= 0.3 is 0 Å². The van der Waals surface area contributed by atoms with E-state index >= 15 is 0 Å². The van der Waals surface area contributed by atoms with E-state index in [1.807, 2.05) is 11.3 Å². The zero-order chi connectivity index (χ0) is 11.4. The Labute approximate surface area is 112 Å². The summed E-state index contributed by atoms with van der Waals surface area (Å²) in [5, 5.41) is 0. The summed E-state index contributed by atoms with van der Waals surface area (Å²) >= 11 is 6.21. The van der Waals surface area contributed by atoms with E-state index in [-0.39, 0.29) is 0 Å². The van der Waals surface area contributed by atoms with Crippen molar-refractivity contribution in [2.45, 2.75) is 55.7 Å². The molecule has 0 nitrogen and oxygen atoms in total. The first kappa shape index (κ1) is 12.8. The predicted molar refractivity (Wildman–Crippen MR) is 78.4 cm³/mol. The number of hydrogen-bond donors (Lipinski definition) is 0. The summed E-state index contributed by atoms with van der Waals surface area (Å²) < 4.78 is 0. The van der Waals surface area contributed by atoms with Gasteiger partial charge in [-0.2, -0.15) is 0 Å². The fraction of sp³-hybridized carbons (Fsp3) is 0.692. The lowest BCUT2D eigenvalue weighted by atomic mass is 10.1. The first-order valence-corrected chi connectivity index (χ1v) is 8.99. The molecule has 0 fully saturated rings. The molecule has 0 atom stereocenters. The molecule has 0 aliphatic carbocycles. The Balaban J connectivity index is 1.98. The lowest BCUT2D eigenvalue weighted by Crippen LogP contribution is -1.94. The molecule has 2 rings (SSSR count). The number of thioether (sulfide) groups is 2. The van der Waals surface area contributed by atoms with E-state index in [0.29, 0.717) is 0 Å². The summed E-state index contributed by atoms with van der Waals surface area (Å²) in [6, 6.07) is 0. The van der Waals surface area contributed by atoms with E-state index in [1.165, 1.54) is 43.6 Å². The topological polar surface area (TPSA) is 0 Å². The van der Waals surface area contributed by atoms with E-state index in [9.17, 15) is 0 Å². The Kier molecular flexibility index (Phi) is 5.11. The van der Waals surface area contributed by atoms with Gasteiger partial charge < -0.3 is 0 Å².